The Morgan fingerprint density at radius 2 is 1.48 bits per heavy atom. The summed E-state index contributed by atoms with van der Waals surface area (Å²) < 4.78 is 16.5. The van der Waals surface area contributed by atoms with E-state index in [1.807, 2.05) is 0 Å². The van der Waals surface area contributed by atoms with E-state index in [0.717, 1.165) is 24.3 Å². The number of hydrogen-bond acceptors (Lipinski definition) is 12. The van der Waals surface area contributed by atoms with E-state index < -0.39 is 81.8 Å². The SMILES string of the molecule is C[C@@H]1O[C@@H](Oc2c(-c3cc(O)c(O)c(O)c3)oc3cc(O)cc(O)c3c2=O)[C@H](O)[C@@H](O)[C@H]1O. The molecular formula is C21H20O12. The van der Waals surface area contributed by atoms with Crippen molar-refractivity contribution >= 4 is 11.0 Å². The molecule has 2 aromatic carbocycles. The largest absolute Gasteiger partial charge is 0.508 e. The smallest absolute Gasteiger partial charge is 0.239 e. The van der Waals surface area contributed by atoms with Crippen LogP contribution in [0.1, 0.15) is 6.92 Å². The fourth-order valence-corrected chi connectivity index (χ4v) is 3.53. The van der Waals surface area contributed by atoms with Gasteiger partial charge >= 0.3 is 0 Å². The van der Waals surface area contributed by atoms with E-state index in [1.54, 1.807) is 0 Å². The molecule has 0 bridgehead atoms. The molecule has 12 heteroatoms. The third-order valence-corrected chi connectivity index (χ3v) is 5.29. The number of rotatable bonds is 3. The highest BCUT2D eigenvalue weighted by Crippen LogP contribution is 2.43. The van der Waals surface area contributed by atoms with Gasteiger partial charge in [0.05, 0.1) is 6.10 Å². The Bertz CT molecular complexity index is 1260. The van der Waals surface area contributed by atoms with Gasteiger partial charge in [0.2, 0.25) is 17.5 Å². The molecule has 0 unspecified atom stereocenters. The number of aromatic hydroxyl groups is 5. The van der Waals surface area contributed by atoms with Crippen LogP contribution in [-0.4, -0.2) is 71.6 Å². The number of phenolic OH excluding ortho intramolecular Hbond substituents is 5. The molecular weight excluding hydrogens is 444 g/mol. The Kier molecular flexibility index (Phi) is 5.46. The van der Waals surface area contributed by atoms with Crippen molar-refractivity contribution < 1.29 is 54.7 Å². The van der Waals surface area contributed by atoms with Gasteiger partial charge in [-0.25, -0.2) is 0 Å². The average Bonchev–Trinajstić information content (AvgIpc) is 2.74. The molecule has 5 atom stereocenters. The topological polar surface area (TPSA) is 211 Å². The second-order valence-electron chi connectivity index (χ2n) is 7.59. The highest BCUT2D eigenvalue weighted by atomic mass is 16.7. The van der Waals surface area contributed by atoms with Crippen LogP contribution < -0.4 is 10.2 Å². The van der Waals surface area contributed by atoms with Crippen molar-refractivity contribution in [3.05, 3.63) is 34.5 Å². The minimum absolute atomic E-state index is 0.168. The summed E-state index contributed by atoms with van der Waals surface area (Å²) in [7, 11) is 0. The molecule has 1 aliphatic heterocycles. The first kappa shape index (κ1) is 22.5. The van der Waals surface area contributed by atoms with Gasteiger partial charge in [-0.15, -0.1) is 0 Å². The summed E-state index contributed by atoms with van der Waals surface area (Å²) in [5, 5.41) is 79.1. The zero-order valence-corrected chi connectivity index (χ0v) is 16.9. The molecule has 1 saturated heterocycles. The van der Waals surface area contributed by atoms with E-state index >= 15 is 0 Å². The molecule has 33 heavy (non-hydrogen) atoms. The predicted octanol–water partition coefficient (Wildman–Crippen LogP) is 0.194. The van der Waals surface area contributed by atoms with Crippen LogP contribution in [0.5, 0.6) is 34.5 Å². The van der Waals surface area contributed by atoms with Gasteiger partial charge in [0.25, 0.3) is 0 Å². The fraction of sp³-hybridized carbons (Fsp3) is 0.286. The zero-order chi connectivity index (χ0) is 24.2. The monoisotopic (exact) mass is 464 g/mol. The molecule has 1 aromatic heterocycles. The van der Waals surface area contributed by atoms with Gasteiger partial charge in [-0.2, -0.15) is 0 Å². The van der Waals surface area contributed by atoms with Crippen molar-refractivity contribution in [2.45, 2.75) is 37.6 Å². The number of ether oxygens (including phenoxy) is 2. The van der Waals surface area contributed by atoms with Crippen LogP contribution in [0.15, 0.2) is 33.5 Å². The third kappa shape index (κ3) is 3.74. The number of hydrogen-bond donors (Lipinski definition) is 8. The highest BCUT2D eigenvalue weighted by Gasteiger charge is 2.44. The minimum Gasteiger partial charge on any atom is -0.508 e. The van der Waals surface area contributed by atoms with Crippen molar-refractivity contribution in [1.29, 1.82) is 0 Å². The molecule has 176 valence electrons. The predicted molar refractivity (Wildman–Crippen MR) is 109 cm³/mol. The lowest BCUT2D eigenvalue weighted by atomic mass is 10.00. The lowest BCUT2D eigenvalue weighted by Crippen LogP contribution is -2.58. The summed E-state index contributed by atoms with van der Waals surface area (Å²) in [6.07, 6.45) is -7.59. The lowest BCUT2D eigenvalue weighted by Gasteiger charge is -2.38. The van der Waals surface area contributed by atoms with Gasteiger partial charge in [0.15, 0.2) is 23.0 Å². The summed E-state index contributed by atoms with van der Waals surface area (Å²) in [5.41, 5.74) is -1.45. The Morgan fingerprint density at radius 1 is 0.848 bits per heavy atom. The molecule has 0 aliphatic carbocycles. The molecule has 8 N–H and O–H groups in total. The van der Waals surface area contributed by atoms with Gasteiger partial charge in [0, 0.05) is 17.7 Å². The summed E-state index contributed by atoms with van der Waals surface area (Å²) >= 11 is 0. The molecule has 3 aromatic rings. The molecule has 0 saturated carbocycles. The van der Waals surface area contributed by atoms with Crippen LogP contribution in [0.3, 0.4) is 0 Å². The highest BCUT2D eigenvalue weighted by molar-refractivity contribution is 5.88. The van der Waals surface area contributed by atoms with Gasteiger partial charge in [-0.1, -0.05) is 0 Å². The molecule has 1 aliphatic rings. The molecule has 0 spiro atoms. The number of phenols is 5. The van der Waals surface area contributed by atoms with Crippen LogP contribution in [0.25, 0.3) is 22.3 Å². The van der Waals surface area contributed by atoms with Crippen LogP contribution in [0.2, 0.25) is 0 Å². The van der Waals surface area contributed by atoms with Gasteiger partial charge in [-0.05, 0) is 19.1 Å². The van der Waals surface area contributed by atoms with Crippen molar-refractivity contribution in [1.82, 2.24) is 0 Å². The molecule has 0 amide bonds. The van der Waals surface area contributed by atoms with Crippen molar-refractivity contribution in [3.63, 3.8) is 0 Å². The van der Waals surface area contributed by atoms with E-state index in [1.165, 1.54) is 6.92 Å². The standard InChI is InChI=1S/C21H20O12/c1-6-14(26)17(29)18(30)21(31-6)33-20-16(28)13-9(23)4-8(22)5-12(13)32-19(20)7-2-10(24)15(27)11(25)3-7/h2-6,14,17-18,21-27,29-30H,1H3/t6-,14-,17-,18+,21-/m0/s1. The lowest BCUT2D eigenvalue weighted by molar-refractivity contribution is -0.268. The van der Waals surface area contributed by atoms with E-state index in [0.29, 0.717) is 0 Å². The van der Waals surface area contributed by atoms with Gasteiger partial charge in [0.1, 0.15) is 40.8 Å². The summed E-state index contributed by atoms with van der Waals surface area (Å²) in [4.78, 5) is 13.2. The third-order valence-electron chi connectivity index (χ3n) is 5.29. The number of fused-ring (bicyclic) bond motifs is 1. The maximum atomic E-state index is 13.2. The molecule has 12 nitrogen and oxygen atoms in total. The van der Waals surface area contributed by atoms with Crippen molar-refractivity contribution in [3.8, 4) is 45.8 Å². The maximum Gasteiger partial charge on any atom is 0.239 e. The van der Waals surface area contributed by atoms with E-state index in [2.05, 4.69) is 0 Å². The van der Waals surface area contributed by atoms with Gasteiger partial charge < -0.3 is 54.7 Å². The Balaban J connectivity index is 1.95. The minimum atomic E-state index is -1.80. The quantitative estimate of drug-likeness (QED) is 0.244. The average molecular weight is 464 g/mol. The number of aliphatic hydroxyl groups is 3. The second kappa shape index (κ2) is 8.01. The number of benzene rings is 2. The second-order valence-corrected chi connectivity index (χ2v) is 7.59. The van der Waals surface area contributed by atoms with Crippen LogP contribution in [-0.2, 0) is 4.74 Å². The van der Waals surface area contributed by atoms with Crippen LogP contribution >= 0.6 is 0 Å². The van der Waals surface area contributed by atoms with Crippen molar-refractivity contribution in [2.75, 3.05) is 0 Å². The van der Waals surface area contributed by atoms with Crippen LogP contribution in [0, 0.1) is 0 Å². The molecule has 4 rings (SSSR count). The summed E-state index contributed by atoms with van der Waals surface area (Å²) in [5.74, 6) is -4.55. The number of aliphatic hydroxyl groups excluding tert-OH is 3. The Labute approximate surface area is 184 Å². The summed E-state index contributed by atoms with van der Waals surface area (Å²) in [6.45, 7) is 1.39. The molecule has 1 fully saturated rings. The van der Waals surface area contributed by atoms with Crippen LogP contribution in [0.4, 0.5) is 0 Å². The first-order chi connectivity index (χ1) is 15.5. The first-order valence-corrected chi connectivity index (χ1v) is 9.64. The zero-order valence-electron chi connectivity index (χ0n) is 16.9. The van der Waals surface area contributed by atoms with Crippen molar-refractivity contribution in [2.24, 2.45) is 0 Å². The Hall–Kier alpha value is -3.71. The molecule has 2 heterocycles. The molecule has 0 radical (unpaired) electrons. The Morgan fingerprint density at radius 3 is 2.12 bits per heavy atom. The van der Waals surface area contributed by atoms with E-state index in [-0.39, 0.29) is 11.1 Å². The normalized spacial score (nSPS) is 25.3. The van der Waals surface area contributed by atoms with E-state index in [4.69, 9.17) is 13.9 Å². The van der Waals surface area contributed by atoms with Gasteiger partial charge in [-0.3, -0.25) is 4.79 Å². The summed E-state index contributed by atoms with van der Waals surface area (Å²) in [6, 6.07) is 3.79. The van der Waals surface area contributed by atoms with E-state index in [9.17, 15) is 45.6 Å². The maximum absolute atomic E-state index is 13.2. The fourth-order valence-electron chi connectivity index (χ4n) is 3.53. The first-order valence-electron chi connectivity index (χ1n) is 9.64.